The van der Waals surface area contributed by atoms with Crippen molar-refractivity contribution in [3.8, 4) is 0 Å². The number of carbonyl (C=O) groups excluding carboxylic acids is 1. The molecule has 1 fully saturated rings. The first-order chi connectivity index (χ1) is 5.24. The molecule has 1 aliphatic rings. The summed E-state index contributed by atoms with van der Waals surface area (Å²) in [7, 11) is 0. The molecule has 0 bridgehead atoms. The normalized spacial score (nSPS) is 19.5. The minimum Gasteiger partial charge on any atom is -0.394 e. The van der Waals surface area contributed by atoms with Gasteiger partial charge in [-0.1, -0.05) is 0 Å². The molecule has 0 aromatic heterocycles. The van der Waals surface area contributed by atoms with Gasteiger partial charge in [0.05, 0.1) is 12.7 Å². The molecule has 0 spiro atoms. The van der Waals surface area contributed by atoms with E-state index < -0.39 is 6.10 Å². The highest BCUT2D eigenvalue weighted by Gasteiger charge is 2.29. The van der Waals surface area contributed by atoms with Crippen LogP contribution in [0.1, 0.15) is 12.8 Å². The zero-order chi connectivity index (χ0) is 8.27. The summed E-state index contributed by atoms with van der Waals surface area (Å²) in [6.07, 6.45) is 1.10. The fraction of sp³-hybridized carbons (Fsp3) is 0.857. The van der Waals surface area contributed by atoms with Gasteiger partial charge in [-0.25, -0.2) is 0 Å². The van der Waals surface area contributed by atoms with Gasteiger partial charge < -0.3 is 15.5 Å². The van der Waals surface area contributed by atoms with E-state index in [0.29, 0.717) is 0 Å². The summed E-state index contributed by atoms with van der Waals surface area (Å²) in [6, 6.07) is 0. The first-order valence-electron chi connectivity index (χ1n) is 3.80. The second-order valence-electron chi connectivity index (χ2n) is 2.86. The van der Waals surface area contributed by atoms with Gasteiger partial charge >= 0.3 is 0 Å². The van der Waals surface area contributed by atoms with Gasteiger partial charge in [0.2, 0.25) is 5.91 Å². The molecular formula is C7H13NO3. The van der Waals surface area contributed by atoms with Crippen molar-refractivity contribution in [3.63, 3.8) is 0 Å². The van der Waals surface area contributed by atoms with Crippen molar-refractivity contribution < 1.29 is 15.0 Å². The number of hydrogen-bond donors (Lipinski definition) is 3. The lowest BCUT2D eigenvalue weighted by atomic mass is 10.3. The Bertz CT molecular complexity index is 145. The third-order valence-electron chi connectivity index (χ3n) is 1.67. The Labute approximate surface area is 65.2 Å². The maximum Gasteiger partial charge on any atom is 0.223 e. The lowest BCUT2D eigenvalue weighted by molar-refractivity contribution is -0.122. The molecule has 1 amide bonds. The van der Waals surface area contributed by atoms with Crippen molar-refractivity contribution in [2.75, 3.05) is 13.2 Å². The number of amides is 1. The summed E-state index contributed by atoms with van der Waals surface area (Å²) in [6.45, 7) is -0.142. The molecule has 3 N–H and O–H groups in total. The highest BCUT2D eigenvalue weighted by Crippen LogP contribution is 2.28. The van der Waals surface area contributed by atoms with Gasteiger partial charge in [-0.15, -0.1) is 0 Å². The van der Waals surface area contributed by atoms with Gasteiger partial charge in [-0.2, -0.15) is 0 Å². The Balaban J connectivity index is 2.05. The average Bonchev–Trinajstić information content (AvgIpc) is 2.81. The highest BCUT2D eigenvalue weighted by molar-refractivity contribution is 5.80. The van der Waals surface area contributed by atoms with E-state index in [9.17, 15) is 4.79 Å². The molecule has 0 unspecified atom stereocenters. The summed E-state index contributed by atoms with van der Waals surface area (Å²) in [5, 5.41) is 19.8. The molecular weight excluding hydrogens is 146 g/mol. The maximum atomic E-state index is 10.9. The van der Waals surface area contributed by atoms with E-state index >= 15 is 0 Å². The van der Waals surface area contributed by atoms with Crippen LogP contribution < -0.4 is 5.32 Å². The number of nitrogens with one attached hydrogen (secondary N) is 1. The molecule has 0 aromatic rings. The Morgan fingerprint density at radius 1 is 1.64 bits per heavy atom. The summed E-state index contributed by atoms with van der Waals surface area (Å²) >= 11 is 0. The minimum atomic E-state index is -0.822. The molecule has 0 aliphatic heterocycles. The standard InChI is InChI=1S/C7H13NO3/c9-4-6(10)3-8-7(11)5-1-2-5/h5-6,9-10H,1-4H2,(H,8,11)/t6-/m1/s1. The molecule has 4 heteroatoms. The maximum absolute atomic E-state index is 10.9. The molecule has 0 aromatic carbocycles. The summed E-state index contributed by atoms with van der Waals surface area (Å²) < 4.78 is 0. The molecule has 1 aliphatic carbocycles. The quantitative estimate of drug-likeness (QED) is 0.486. The van der Waals surface area contributed by atoms with Crippen LogP contribution in [0.15, 0.2) is 0 Å². The third kappa shape index (κ3) is 2.86. The van der Waals surface area contributed by atoms with Crippen LogP contribution in [0.3, 0.4) is 0 Å². The monoisotopic (exact) mass is 159 g/mol. The van der Waals surface area contributed by atoms with Crippen LogP contribution in [-0.2, 0) is 4.79 Å². The smallest absolute Gasteiger partial charge is 0.223 e. The predicted molar refractivity (Wildman–Crippen MR) is 38.8 cm³/mol. The minimum absolute atomic E-state index is 0.00231. The second kappa shape index (κ2) is 3.69. The lowest BCUT2D eigenvalue weighted by Crippen LogP contribution is -2.34. The van der Waals surface area contributed by atoms with Crippen molar-refractivity contribution >= 4 is 5.91 Å². The van der Waals surface area contributed by atoms with Crippen LogP contribution in [0.5, 0.6) is 0 Å². The largest absolute Gasteiger partial charge is 0.394 e. The zero-order valence-electron chi connectivity index (χ0n) is 6.29. The Hall–Kier alpha value is -0.610. The fourth-order valence-electron chi connectivity index (χ4n) is 0.773. The number of aliphatic hydroxyl groups excluding tert-OH is 2. The van der Waals surface area contributed by atoms with Crippen LogP contribution in [0.25, 0.3) is 0 Å². The molecule has 11 heavy (non-hydrogen) atoms. The van der Waals surface area contributed by atoms with Gasteiger partial charge in [0.1, 0.15) is 0 Å². The molecule has 1 saturated carbocycles. The first kappa shape index (κ1) is 8.49. The van der Waals surface area contributed by atoms with E-state index in [2.05, 4.69) is 5.32 Å². The summed E-state index contributed by atoms with van der Waals surface area (Å²) in [5.41, 5.74) is 0. The molecule has 1 atom stereocenters. The van der Waals surface area contributed by atoms with Gasteiger partial charge in [-0.3, -0.25) is 4.79 Å². The van der Waals surface area contributed by atoms with Gasteiger partial charge in [0.15, 0.2) is 0 Å². The summed E-state index contributed by atoms with van der Waals surface area (Å²) in [4.78, 5) is 10.9. The topological polar surface area (TPSA) is 69.6 Å². The van der Waals surface area contributed by atoms with Gasteiger partial charge in [0, 0.05) is 12.5 Å². The van der Waals surface area contributed by atoms with Crippen LogP contribution in [0.4, 0.5) is 0 Å². The number of carbonyl (C=O) groups is 1. The van der Waals surface area contributed by atoms with Crippen LogP contribution >= 0.6 is 0 Å². The van der Waals surface area contributed by atoms with Crippen molar-refractivity contribution in [3.05, 3.63) is 0 Å². The molecule has 1 rings (SSSR count). The fourth-order valence-corrected chi connectivity index (χ4v) is 0.773. The highest BCUT2D eigenvalue weighted by atomic mass is 16.3. The van der Waals surface area contributed by atoms with Crippen molar-refractivity contribution in [1.82, 2.24) is 5.32 Å². The predicted octanol–water partition coefficient (Wildman–Crippen LogP) is -1.13. The van der Waals surface area contributed by atoms with Gasteiger partial charge in [-0.05, 0) is 12.8 Å². The second-order valence-corrected chi connectivity index (χ2v) is 2.86. The van der Waals surface area contributed by atoms with E-state index in [0.717, 1.165) is 12.8 Å². The van der Waals surface area contributed by atoms with E-state index in [4.69, 9.17) is 10.2 Å². The molecule has 0 radical (unpaired) electrons. The number of rotatable bonds is 4. The lowest BCUT2D eigenvalue weighted by Gasteiger charge is -2.07. The summed E-state index contributed by atoms with van der Waals surface area (Å²) in [5.74, 6) is 0.165. The Morgan fingerprint density at radius 2 is 2.27 bits per heavy atom. The molecule has 4 nitrogen and oxygen atoms in total. The SMILES string of the molecule is O=C(NC[C@@H](O)CO)C1CC1. The van der Waals surface area contributed by atoms with Gasteiger partial charge in [0.25, 0.3) is 0 Å². The Morgan fingerprint density at radius 3 is 2.73 bits per heavy atom. The van der Waals surface area contributed by atoms with Crippen molar-refractivity contribution in [2.24, 2.45) is 5.92 Å². The number of hydrogen-bond acceptors (Lipinski definition) is 3. The Kier molecular flexibility index (Phi) is 2.84. The molecule has 0 heterocycles. The van der Waals surface area contributed by atoms with Crippen LogP contribution in [0.2, 0.25) is 0 Å². The average molecular weight is 159 g/mol. The van der Waals surface area contributed by atoms with E-state index in [1.807, 2.05) is 0 Å². The van der Waals surface area contributed by atoms with Crippen molar-refractivity contribution in [2.45, 2.75) is 18.9 Å². The van der Waals surface area contributed by atoms with E-state index in [-0.39, 0.29) is 25.0 Å². The zero-order valence-corrected chi connectivity index (χ0v) is 6.29. The van der Waals surface area contributed by atoms with Crippen molar-refractivity contribution in [1.29, 1.82) is 0 Å². The molecule has 64 valence electrons. The van der Waals surface area contributed by atoms with Crippen LogP contribution in [-0.4, -0.2) is 35.4 Å². The number of aliphatic hydroxyl groups is 2. The third-order valence-corrected chi connectivity index (χ3v) is 1.67. The van der Waals surface area contributed by atoms with E-state index in [1.165, 1.54) is 0 Å². The first-order valence-corrected chi connectivity index (χ1v) is 3.80. The van der Waals surface area contributed by atoms with E-state index in [1.54, 1.807) is 0 Å². The molecule has 0 saturated heterocycles. The van der Waals surface area contributed by atoms with Crippen LogP contribution in [0, 0.1) is 5.92 Å².